The van der Waals surface area contributed by atoms with Gasteiger partial charge >= 0.3 is 29.6 Å². The van der Waals surface area contributed by atoms with Crippen LogP contribution in [-0.2, 0) is 24.1 Å². The van der Waals surface area contributed by atoms with Gasteiger partial charge in [-0.2, -0.15) is 0 Å². The van der Waals surface area contributed by atoms with Crippen LogP contribution in [0.3, 0.4) is 0 Å². The van der Waals surface area contributed by atoms with Crippen molar-refractivity contribution in [2.75, 3.05) is 5.32 Å². The van der Waals surface area contributed by atoms with E-state index in [1.165, 1.54) is 11.1 Å². The van der Waals surface area contributed by atoms with Crippen molar-refractivity contribution in [2.45, 2.75) is 65.8 Å². The third-order valence-electron chi connectivity index (χ3n) is 8.16. The molecular weight excluding hydrogens is 579 g/mol. The fourth-order valence-corrected chi connectivity index (χ4v) is 6.08. The minimum Gasteiger partial charge on any atom is -0.550 e. The van der Waals surface area contributed by atoms with Crippen molar-refractivity contribution in [1.29, 1.82) is 0 Å². The molecule has 6 heteroatoms. The Labute approximate surface area is 295 Å². The second kappa shape index (κ2) is 16.3. The Hall–Kier alpha value is -3.64. The van der Waals surface area contributed by atoms with Gasteiger partial charge in [0.15, 0.2) is 5.78 Å². The van der Waals surface area contributed by atoms with E-state index in [4.69, 9.17) is 0 Å². The molecule has 0 aliphatic heterocycles. The van der Waals surface area contributed by atoms with Crippen LogP contribution < -0.4 is 40.0 Å². The smallest absolute Gasteiger partial charge is 0.550 e. The van der Waals surface area contributed by atoms with E-state index in [2.05, 4.69) is 81.5 Å². The minimum atomic E-state index is -1.06. The number of fused-ring (bicyclic) bond motifs is 1. The summed E-state index contributed by atoms with van der Waals surface area (Å²) in [7, 11) is 0. The molecule has 5 aromatic rings. The van der Waals surface area contributed by atoms with Crippen LogP contribution in [0.15, 0.2) is 103 Å². The second-order valence-corrected chi connectivity index (χ2v) is 12.9. The number of benzene rings is 3. The Morgan fingerprint density at radius 1 is 0.761 bits per heavy atom. The average Bonchev–Trinajstić information content (AvgIpc) is 3.38. The largest absolute Gasteiger partial charge is 1.00 e. The number of rotatable bonds is 14. The standard InChI is InChI=1S/C40H44N2O3.Na/c1-27(2)23-29-14-18-31(19-15-29)39(32-20-16-30(17-21-32)24-28(3)4)41-34-10-7-9-33(25-34)40(45)36-26-35(11-8-13-38(43)44)42-22-6-5-12-37(36)42;/h5-7,9-10,12,14-22,25-28,39,41H,8,11,13,23-24H2,1-4H3,(H,43,44);/q;+1/p-1. The molecular formula is C40H43N2NaO3. The zero-order valence-electron chi connectivity index (χ0n) is 27.8. The Balaban J connectivity index is 0.00000480. The number of pyridine rings is 1. The van der Waals surface area contributed by atoms with E-state index in [0.29, 0.717) is 35.8 Å². The molecule has 3 aromatic carbocycles. The van der Waals surface area contributed by atoms with Crippen molar-refractivity contribution in [1.82, 2.24) is 4.40 Å². The van der Waals surface area contributed by atoms with Gasteiger partial charge in [0, 0.05) is 34.7 Å². The first-order valence-electron chi connectivity index (χ1n) is 16.1. The molecule has 5 rings (SSSR count). The first kappa shape index (κ1) is 35.2. The molecule has 232 valence electrons. The number of aromatic nitrogens is 1. The van der Waals surface area contributed by atoms with Crippen molar-refractivity contribution in [3.8, 4) is 0 Å². The maximum absolute atomic E-state index is 13.9. The summed E-state index contributed by atoms with van der Waals surface area (Å²) in [5, 5.41) is 14.7. The number of aryl methyl sites for hydroxylation is 1. The quantitative estimate of drug-likeness (QED) is 0.142. The van der Waals surface area contributed by atoms with Gasteiger partial charge in [-0.3, -0.25) is 4.79 Å². The molecule has 2 heterocycles. The van der Waals surface area contributed by atoms with Gasteiger partial charge in [0.2, 0.25) is 0 Å². The van der Waals surface area contributed by atoms with Crippen LogP contribution in [0.4, 0.5) is 5.69 Å². The summed E-state index contributed by atoms with van der Waals surface area (Å²) in [4.78, 5) is 24.9. The van der Waals surface area contributed by atoms with E-state index in [0.717, 1.165) is 40.9 Å². The van der Waals surface area contributed by atoms with Crippen LogP contribution in [0.2, 0.25) is 0 Å². The summed E-state index contributed by atoms with van der Waals surface area (Å²) in [6, 6.07) is 33.0. The zero-order valence-corrected chi connectivity index (χ0v) is 29.8. The number of nitrogens with zero attached hydrogens (tertiary/aromatic N) is 1. The van der Waals surface area contributed by atoms with Crippen molar-refractivity contribution in [3.05, 3.63) is 142 Å². The van der Waals surface area contributed by atoms with E-state index in [-0.39, 0.29) is 47.8 Å². The van der Waals surface area contributed by atoms with Crippen molar-refractivity contribution in [3.63, 3.8) is 0 Å². The molecule has 0 radical (unpaired) electrons. The summed E-state index contributed by atoms with van der Waals surface area (Å²) in [6.07, 6.45) is 4.98. The molecule has 0 unspecified atom stereocenters. The number of aliphatic carboxylic acids is 1. The van der Waals surface area contributed by atoms with Crippen LogP contribution in [0, 0.1) is 11.8 Å². The number of hydrogen-bond acceptors (Lipinski definition) is 4. The van der Waals surface area contributed by atoms with Gasteiger partial charge in [-0.15, -0.1) is 0 Å². The van der Waals surface area contributed by atoms with Crippen LogP contribution >= 0.6 is 0 Å². The molecule has 0 aliphatic rings. The van der Waals surface area contributed by atoms with Crippen molar-refractivity contribution >= 4 is 23.0 Å². The minimum absolute atomic E-state index is 0. The Morgan fingerprint density at radius 3 is 1.93 bits per heavy atom. The predicted molar refractivity (Wildman–Crippen MR) is 181 cm³/mol. The summed E-state index contributed by atoms with van der Waals surface area (Å²) in [5.41, 5.74) is 8.76. The molecule has 5 nitrogen and oxygen atoms in total. The maximum atomic E-state index is 13.9. The first-order chi connectivity index (χ1) is 21.7. The van der Waals surface area contributed by atoms with Gasteiger partial charge in [0.1, 0.15) is 0 Å². The van der Waals surface area contributed by atoms with Gasteiger partial charge in [-0.05, 0) is 96.5 Å². The number of carbonyl (C=O) groups excluding carboxylic acids is 2. The number of hydrogen-bond donors (Lipinski definition) is 1. The first-order valence-corrected chi connectivity index (χ1v) is 16.1. The maximum Gasteiger partial charge on any atom is 1.00 e. The molecule has 0 saturated heterocycles. The summed E-state index contributed by atoms with van der Waals surface area (Å²) in [5.74, 6) is 0.0538. The Morgan fingerprint density at radius 2 is 1.37 bits per heavy atom. The van der Waals surface area contributed by atoms with E-state index in [1.54, 1.807) is 0 Å². The molecule has 0 fully saturated rings. The van der Waals surface area contributed by atoms with E-state index < -0.39 is 5.97 Å². The number of nitrogens with one attached hydrogen (secondary N) is 1. The topological polar surface area (TPSA) is 73.6 Å². The SMILES string of the molecule is CC(C)Cc1ccc(C(Nc2cccc(C(=O)c3cc(CCCC(=O)[O-])n4ccccc34)c2)c2ccc(CC(C)C)cc2)cc1.[Na+]. The fourth-order valence-electron chi connectivity index (χ4n) is 6.08. The Kier molecular flexibility index (Phi) is 12.5. The van der Waals surface area contributed by atoms with E-state index in [1.807, 2.05) is 59.1 Å². The molecule has 0 amide bonds. The van der Waals surface area contributed by atoms with Crippen LogP contribution in [-0.4, -0.2) is 16.2 Å². The van der Waals surface area contributed by atoms with Crippen molar-refractivity contribution in [2.24, 2.45) is 11.8 Å². The van der Waals surface area contributed by atoms with Gasteiger partial charge in [-0.1, -0.05) is 94.4 Å². The summed E-state index contributed by atoms with van der Waals surface area (Å²) < 4.78 is 1.98. The third-order valence-corrected chi connectivity index (χ3v) is 8.16. The molecule has 0 atom stereocenters. The number of ketones is 1. The summed E-state index contributed by atoms with van der Waals surface area (Å²) >= 11 is 0. The molecule has 2 aromatic heterocycles. The monoisotopic (exact) mass is 622 g/mol. The van der Waals surface area contributed by atoms with Gasteiger partial charge in [-0.25, -0.2) is 0 Å². The summed E-state index contributed by atoms with van der Waals surface area (Å²) in [6.45, 7) is 8.95. The fraction of sp³-hybridized carbons (Fsp3) is 0.300. The van der Waals surface area contributed by atoms with Crippen LogP contribution in [0.5, 0.6) is 0 Å². The van der Waals surface area contributed by atoms with Crippen LogP contribution in [0.25, 0.3) is 5.52 Å². The number of anilines is 1. The van der Waals surface area contributed by atoms with Crippen molar-refractivity contribution < 1.29 is 44.3 Å². The predicted octanol–water partition coefficient (Wildman–Crippen LogP) is 4.85. The van der Waals surface area contributed by atoms with E-state index in [9.17, 15) is 14.7 Å². The molecule has 1 N–H and O–H groups in total. The molecule has 0 aliphatic carbocycles. The zero-order chi connectivity index (χ0) is 31.9. The van der Waals surface area contributed by atoms with E-state index >= 15 is 0 Å². The number of carboxylic acid groups (broad SMARTS) is 1. The normalized spacial score (nSPS) is 11.3. The molecule has 0 spiro atoms. The number of carbonyl (C=O) groups is 2. The molecule has 0 bridgehead atoms. The Bertz CT molecular complexity index is 1700. The number of carboxylic acids is 1. The van der Waals surface area contributed by atoms with Gasteiger partial charge in [0.05, 0.1) is 11.6 Å². The van der Waals surface area contributed by atoms with Gasteiger partial charge in [0.25, 0.3) is 0 Å². The third kappa shape index (κ3) is 9.00. The average molecular weight is 623 g/mol. The van der Waals surface area contributed by atoms with Crippen LogP contribution in [0.1, 0.15) is 90.4 Å². The molecule has 0 saturated carbocycles. The molecule has 46 heavy (non-hydrogen) atoms. The van der Waals surface area contributed by atoms with Gasteiger partial charge < -0.3 is 19.6 Å². The second-order valence-electron chi connectivity index (χ2n) is 12.9.